The molecule has 1 aromatic carbocycles. The quantitative estimate of drug-likeness (QED) is 0.259. The molecule has 15 heteroatoms. The first-order valence-corrected chi connectivity index (χ1v) is 15.5. The number of rotatable bonds is 10. The zero-order chi connectivity index (χ0) is 27.7. The van der Waals surface area contributed by atoms with Crippen molar-refractivity contribution in [3.8, 4) is 5.75 Å². The molecule has 0 unspecified atom stereocenters. The number of piperidine rings is 1. The van der Waals surface area contributed by atoms with Crippen LogP contribution < -0.4 is 14.8 Å². The second-order valence-electron chi connectivity index (χ2n) is 9.83. The number of hydrogen-bond acceptors (Lipinski definition) is 10. The molecule has 0 bridgehead atoms. The summed E-state index contributed by atoms with van der Waals surface area (Å²) in [4.78, 5) is 4.39. The zero-order valence-electron chi connectivity index (χ0n) is 21.4. The van der Waals surface area contributed by atoms with Gasteiger partial charge in [0.05, 0.1) is 28.8 Å². The summed E-state index contributed by atoms with van der Waals surface area (Å²) in [6.45, 7) is 1.40. The van der Waals surface area contributed by atoms with E-state index in [1.54, 1.807) is 24.4 Å². The molecule has 1 spiro atoms. The van der Waals surface area contributed by atoms with Crippen LogP contribution in [0.2, 0.25) is 0 Å². The van der Waals surface area contributed by atoms with Crippen LogP contribution in [0.15, 0.2) is 52.5 Å². The Morgan fingerprint density at radius 2 is 2.00 bits per heavy atom. The summed E-state index contributed by atoms with van der Waals surface area (Å²) in [5.41, 5.74) is 0.770. The van der Waals surface area contributed by atoms with E-state index in [1.165, 1.54) is 29.7 Å². The van der Waals surface area contributed by atoms with Gasteiger partial charge in [-0.15, -0.1) is 0 Å². The molecule has 3 aromatic rings. The molecular weight excluding hydrogens is 548 g/mol. The Bertz CT molecular complexity index is 1520. The number of ether oxygens (including phenoxy) is 2. The Hall–Kier alpha value is -2.66. The number of pyridine rings is 1. The highest BCUT2D eigenvalue weighted by Crippen LogP contribution is 2.37. The van der Waals surface area contributed by atoms with Crippen molar-refractivity contribution in [2.24, 2.45) is 0 Å². The highest BCUT2D eigenvalue weighted by atomic mass is 32.2. The van der Waals surface area contributed by atoms with Crippen LogP contribution in [0, 0.1) is 0 Å². The van der Waals surface area contributed by atoms with Gasteiger partial charge in [0.2, 0.25) is 20.0 Å². The maximum Gasteiger partial charge on any atom is 0.244 e. The number of aromatic amines is 1. The van der Waals surface area contributed by atoms with Gasteiger partial charge in [-0.05, 0) is 44.5 Å². The number of aromatic nitrogens is 3. The van der Waals surface area contributed by atoms with Gasteiger partial charge in [0.25, 0.3) is 0 Å². The van der Waals surface area contributed by atoms with E-state index in [0.717, 1.165) is 0 Å². The Balaban J connectivity index is 1.08. The van der Waals surface area contributed by atoms with Crippen molar-refractivity contribution in [1.29, 1.82) is 0 Å². The highest BCUT2D eigenvalue weighted by Gasteiger charge is 2.44. The van der Waals surface area contributed by atoms with Crippen LogP contribution >= 0.6 is 0 Å². The number of hydrogen-bond donors (Lipinski definition) is 4. The molecule has 2 fully saturated rings. The maximum absolute atomic E-state index is 13.2. The first-order chi connectivity index (χ1) is 18.6. The molecule has 2 atom stereocenters. The molecular formula is C24H32N6O7S2. The predicted molar refractivity (Wildman–Crippen MR) is 141 cm³/mol. The Morgan fingerprint density at radius 1 is 1.21 bits per heavy atom. The summed E-state index contributed by atoms with van der Waals surface area (Å²) in [6, 6.07) is 7.63. The lowest BCUT2D eigenvalue weighted by atomic mass is 9.88. The minimum Gasteiger partial charge on any atom is -0.491 e. The third-order valence-corrected chi connectivity index (χ3v) is 10.5. The maximum atomic E-state index is 13.2. The zero-order valence-corrected chi connectivity index (χ0v) is 23.0. The van der Waals surface area contributed by atoms with Gasteiger partial charge in [0.1, 0.15) is 28.9 Å². The molecule has 0 radical (unpaired) electrons. The summed E-state index contributed by atoms with van der Waals surface area (Å²) in [5.74, 6) is 0.343. The fraction of sp³-hybridized carbons (Fsp3) is 0.500. The number of aliphatic hydroxyl groups excluding tert-OH is 1. The van der Waals surface area contributed by atoms with Gasteiger partial charge < -0.3 is 19.9 Å². The molecule has 0 aliphatic carbocycles. The van der Waals surface area contributed by atoms with Gasteiger partial charge in [-0.25, -0.2) is 21.6 Å². The Morgan fingerprint density at radius 3 is 2.77 bits per heavy atom. The average Bonchev–Trinajstić information content (AvgIpc) is 3.58. The SMILES string of the molecule is CNS(=O)(=O)c1cccc(OC[C@@H](O)CN[C@H]2COC3(CCN(S(=O)(=O)c4cnc5cn[nH]c5c4)CC3)C2)c1. The summed E-state index contributed by atoms with van der Waals surface area (Å²) >= 11 is 0. The van der Waals surface area contributed by atoms with E-state index in [4.69, 9.17) is 9.47 Å². The van der Waals surface area contributed by atoms with Crippen LogP contribution in [-0.4, -0.2) is 99.1 Å². The van der Waals surface area contributed by atoms with Crippen LogP contribution in [0.5, 0.6) is 5.75 Å². The lowest BCUT2D eigenvalue weighted by Gasteiger charge is -2.38. The van der Waals surface area contributed by atoms with Gasteiger partial charge in [-0.2, -0.15) is 9.40 Å². The van der Waals surface area contributed by atoms with Gasteiger partial charge in [-0.1, -0.05) is 6.07 Å². The van der Waals surface area contributed by atoms with Crippen LogP contribution in [-0.2, 0) is 24.8 Å². The number of H-pyrrole nitrogens is 1. The standard InChI is InChI=1S/C24H32N6O7S2/c1-25-38(32,33)20-4-2-3-19(9-20)36-16-18(31)12-26-17-11-24(37-15-17)5-7-30(8-6-24)39(34,35)21-10-22-23(27-13-21)14-28-29-22/h2-4,9-10,13-14,17-18,25-26,31H,5-8,11-12,15-16H2,1H3,(H,28,29)/t17-,18+/m1/s1. The molecule has 4 heterocycles. The third kappa shape index (κ3) is 6.09. The minimum atomic E-state index is -3.69. The van der Waals surface area contributed by atoms with Crippen molar-refractivity contribution in [2.75, 3.05) is 39.9 Å². The normalized spacial score (nSPS) is 20.9. The van der Waals surface area contributed by atoms with Crippen molar-refractivity contribution < 1.29 is 31.4 Å². The molecule has 2 aliphatic rings. The van der Waals surface area contributed by atoms with Gasteiger partial charge in [0, 0.05) is 37.9 Å². The van der Waals surface area contributed by atoms with E-state index < -0.39 is 31.8 Å². The first kappa shape index (κ1) is 27.9. The smallest absolute Gasteiger partial charge is 0.244 e. The Kier molecular flexibility index (Phi) is 7.92. The fourth-order valence-corrected chi connectivity index (χ4v) is 7.14. The number of nitrogens with zero attached hydrogens (tertiary/aromatic N) is 3. The number of nitrogens with one attached hydrogen (secondary N) is 3. The molecule has 13 nitrogen and oxygen atoms in total. The summed E-state index contributed by atoms with van der Waals surface area (Å²) < 4.78 is 65.7. The molecule has 39 heavy (non-hydrogen) atoms. The number of benzene rings is 1. The van der Waals surface area contributed by atoms with E-state index in [1.807, 2.05) is 0 Å². The van der Waals surface area contributed by atoms with Gasteiger partial charge in [0.15, 0.2) is 0 Å². The average molecular weight is 581 g/mol. The summed E-state index contributed by atoms with van der Waals surface area (Å²) in [6.07, 6.45) is 3.94. The molecule has 0 saturated carbocycles. The van der Waals surface area contributed by atoms with Crippen molar-refractivity contribution in [2.45, 2.75) is 46.8 Å². The van der Waals surface area contributed by atoms with Gasteiger partial charge in [-0.3, -0.25) is 10.1 Å². The number of sulfonamides is 2. The third-order valence-electron chi connectivity index (χ3n) is 7.21. The van der Waals surface area contributed by atoms with Crippen LogP contribution in [0.25, 0.3) is 11.0 Å². The highest BCUT2D eigenvalue weighted by molar-refractivity contribution is 7.89. The summed E-state index contributed by atoms with van der Waals surface area (Å²) in [7, 11) is -5.94. The lowest BCUT2D eigenvalue weighted by Crippen LogP contribution is -2.47. The lowest BCUT2D eigenvalue weighted by molar-refractivity contribution is -0.0312. The van der Waals surface area contributed by atoms with Crippen LogP contribution in [0.4, 0.5) is 0 Å². The van der Waals surface area contributed by atoms with Crippen LogP contribution in [0.1, 0.15) is 19.3 Å². The second-order valence-corrected chi connectivity index (χ2v) is 13.7. The van der Waals surface area contributed by atoms with Crippen molar-refractivity contribution in [3.05, 3.63) is 42.7 Å². The molecule has 5 rings (SSSR count). The monoisotopic (exact) mass is 580 g/mol. The van der Waals surface area contributed by atoms with E-state index in [9.17, 15) is 21.9 Å². The molecule has 212 valence electrons. The Labute approximate surface area is 227 Å². The van der Waals surface area contributed by atoms with E-state index in [0.29, 0.717) is 55.7 Å². The topological polar surface area (TPSA) is 176 Å². The molecule has 2 saturated heterocycles. The van der Waals surface area contributed by atoms with E-state index >= 15 is 0 Å². The molecule has 2 aliphatic heterocycles. The van der Waals surface area contributed by atoms with Crippen molar-refractivity contribution >= 4 is 31.1 Å². The summed E-state index contributed by atoms with van der Waals surface area (Å²) in [5, 5.41) is 20.3. The number of aliphatic hydroxyl groups is 1. The van der Waals surface area contributed by atoms with E-state index in [2.05, 4.69) is 25.2 Å². The largest absolute Gasteiger partial charge is 0.491 e. The second kappa shape index (κ2) is 11.1. The fourth-order valence-electron chi connectivity index (χ4n) is 4.96. The first-order valence-electron chi connectivity index (χ1n) is 12.6. The molecule has 0 amide bonds. The van der Waals surface area contributed by atoms with Crippen molar-refractivity contribution in [3.63, 3.8) is 0 Å². The van der Waals surface area contributed by atoms with E-state index in [-0.39, 0.29) is 29.0 Å². The van der Waals surface area contributed by atoms with Gasteiger partial charge >= 0.3 is 0 Å². The van der Waals surface area contributed by atoms with Crippen molar-refractivity contribution in [1.82, 2.24) is 29.5 Å². The van der Waals surface area contributed by atoms with Crippen LogP contribution in [0.3, 0.4) is 0 Å². The predicted octanol–water partition coefficient (Wildman–Crippen LogP) is 0.208. The number of fused-ring (bicyclic) bond motifs is 1. The minimum absolute atomic E-state index is 0.0129. The molecule has 2 aromatic heterocycles. The molecule has 4 N–H and O–H groups in total.